The van der Waals surface area contributed by atoms with Gasteiger partial charge in [-0.25, -0.2) is 4.98 Å². The van der Waals surface area contributed by atoms with Gasteiger partial charge < -0.3 is 24.8 Å². The lowest BCUT2D eigenvalue weighted by atomic mass is 10.1. The van der Waals surface area contributed by atoms with E-state index in [-0.39, 0.29) is 17.6 Å². The van der Waals surface area contributed by atoms with Crippen LogP contribution in [0.25, 0.3) is 0 Å². The average molecular weight is 482 g/mol. The first-order chi connectivity index (χ1) is 16.5. The van der Waals surface area contributed by atoms with Gasteiger partial charge in [0.15, 0.2) is 11.5 Å². The van der Waals surface area contributed by atoms with Gasteiger partial charge in [-0.15, -0.1) is 0 Å². The van der Waals surface area contributed by atoms with Crippen molar-refractivity contribution in [2.45, 2.75) is 11.4 Å². The van der Waals surface area contributed by atoms with Gasteiger partial charge in [-0.1, -0.05) is 30.0 Å². The van der Waals surface area contributed by atoms with E-state index in [4.69, 9.17) is 14.2 Å². The number of aromatic nitrogens is 1. The molecule has 2 N–H and O–H groups in total. The molecule has 0 unspecified atom stereocenters. The molecule has 0 bridgehead atoms. The van der Waals surface area contributed by atoms with Gasteiger partial charge in [0, 0.05) is 12.7 Å². The summed E-state index contributed by atoms with van der Waals surface area (Å²) in [5, 5.41) is 6.22. The smallest absolute Gasteiger partial charge is 0.254 e. The number of anilines is 1. The second-order valence-electron chi connectivity index (χ2n) is 7.09. The molecular formula is C25H27N3O5S. The highest BCUT2D eigenvalue weighted by Crippen LogP contribution is 2.28. The highest BCUT2D eigenvalue weighted by atomic mass is 32.2. The van der Waals surface area contributed by atoms with Gasteiger partial charge in [0.05, 0.1) is 38.3 Å². The fourth-order valence-electron chi connectivity index (χ4n) is 3.20. The van der Waals surface area contributed by atoms with E-state index in [1.165, 1.54) is 11.8 Å². The summed E-state index contributed by atoms with van der Waals surface area (Å²) in [4.78, 5) is 29.5. The molecule has 178 valence electrons. The Kier molecular flexibility index (Phi) is 9.16. The number of benzene rings is 2. The van der Waals surface area contributed by atoms with Gasteiger partial charge in [-0.05, 0) is 48.4 Å². The van der Waals surface area contributed by atoms with Crippen LogP contribution in [-0.4, -0.2) is 50.4 Å². The Morgan fingerprint density at radius 3 is 2.44 bits per heavy atom. The van der Waals surface area contributed by atoms with E-state index < -0.39 is 0 Å². The quantitative estimate of drug-likeness (QED) is 0.402. The van der Waals surface area contributed by atoms with E-state index in [0.717, 1.165) is 5.56 Å². The monoisotopic (exact) mass is 481 g/mol. The number of nitrogens with one attached hydrogen (secondary N) is 2. The standard InChI is InChI=1S/C25H27N3O5S/c1-31-20-9-5-4-8-19(20)28-23(29)16-34-25-18(7-6-13-27-25)24(30)26-14-12-17-10-11-21(32-2)22(15-17)33-3/h4-11,13,15H,12,14,16H2,1-3H3,(H,26,30)(H,28,29). The average Bonchev–Trinajstić information content (AvgIpc) is 2.87. The van der Waals surface area contributed by atoms with Crippen LogP contribution in [0.4, 0.5) is 5.69 Å². The third kappa shape index (κ3) is 6.64. The molecular weight excluding hydrogens is 454 g/mol. The molecule has 0 aliphatic rings. The number of carbonyl (C=O) groups is 2. The number of hydrogen-bond acceptors (Lipinski definition) is 7. The summed E-state index contributed by atoms with van der Waals surface area (Å²) in [6, 6.07) is 16.2. The van der Waals surface area contributed by atoms with E-state index in [1.54, 1.807) is 51.8 Å². The summed E-state index contributed by atoms with van der Waals surface area (Å²) in [6.07, 6.45) is 2.22. The molecule has 2 amide bonds. The molecule has 3 aromatic rings. The number of pyridine rings is 1. The molecule has 0 spiro atoms. The molecule has 2 aromatic carbocycles. The minimum Gasteiger partial charge on any atom is -0.495 e. The van der Waals surface area contributed by atoms with E-state index in [1.807, 2.05) is 30.3 Å². The number of para-hydroxylation sites is 2. The number of methoxy groups -OCH3 is 3. The Morgan fingerprint density at radius 2 is 1.68 bits per heavy atom. The third-order valence-corrected chi connectivity index (χ3v) is 5.89. The molecule has 0 atom stereocenters. The third-order valence-electron chi connectivity index (χ3n) is 4.88. The molecule has 3 rings (SSSR count). The summed E-state index contributed by atoms with van der Waals surface area (Å²) >= 11 is 1.20. The number of rotatable bonds is 11. The van der Waals surface area contributed by atoms with Crippen LogP contribution in [-0.2, 0) is 11.2 Å². The number of hydrogen-bond donors (Lipinski definition) is 2. The van der Waals surface area contributed by atoms with E-state index in [9.17, 15) is 9.59 Å². The molecule has 8 nitrogen and oxygen atoms in total. The van der Waals surface area contributed by atoms with Crippen molar-refractivity contribution < 1.29 is 23.8 Å². The first kappa shape index (κ1) is 24.9. The lowest BCUT2D eigenvalue weighted by Crippen LogP contribution is -2.26. The number of ether oxygens (including phenoxy) is 3. The minimum absolute atomic E-state index is 0.0982. The van der Waals surface area contributed by atoms with Gasteiger partial charge >= 0.3 is 0 Å². The summed E-state index contributed by atoms with van der Waals surface area (Å²) in [7, 11) is 4.72. The molecule has 0 aliphatic heterocycles. The molecule has 0 radical (unpaired) electrons. The van der Waals surface area contributed by atoms with Crippen molar-refractivity contribution in [2.24, 2.45) is 0 Å². The number of amides is 2. The lowest BCUT2D eigenvalue weighted by Gasteiger charge is -2.12. The topological polar surface area (TPSA) is 98.8 Å². The summed E-state index contributed by atoms with van der Waals surface area (Å²) in [6.45, 7) is 0.432. The SMILES string of the molecule is COc1ccccc1NC(=O)CSc1ncccc1C(=O)NCCc1ccc(OC)c(OC)c1. The van der Waals surface area contributed by atoms with Crippen LogP contribution in [0.3, 0.4) is 0 Å². The zero-order valence-corrected chi connectivity index (χ0v) is 20.1. The predicted octanol–water partition coefficient (Wildman–Crippen LogP) is 3.81. The molecule has 0 fully saturated rings. The van der Waals surface area contributed by atoms with Gasteiger partial charge in [0.25, 0.3) is 5.91 Å². The molecule has 34 heavy (non-hydrogen) atoms. The Hall–Kier alpha value is -3.72. The largest absolute Gasteiger partial charge is 0.495 e. The number of thioether (sulfide) groups is 1. The Balaban J connectivity index is 1.56. The summed E-state index contributed by atoms with van der Waals surface area (Å²) < 4.78 is 15.8. The van der Waals surface area contributed by atoms with Crippen LogP contribution in [0.5, 0.6) is 17.2 Å². The molecule has 0 aliphatic carbocycles. The van der Waals surface area contributed by atoms with Gasteiger partial charge in [0.1, 0.15) is 10.8 Å². The fourth-order valence-corrected chi connectivity index (χ4v) is 3.99. The normalized spacial score (nSPS) is 10.3. The maximum Gasteiger partial charge on any atom is 0.254 e. The van der Waals surface area contributed by atoms with Crippen LogP contribution in [0.1, 0.15) is 15.9 Å². The van der Waals surface area contributed by atoms with Gasteiger partial charge in [-0.3, -0.25) is 9.59 Å². The molecule has 1 aromatic heterocycles. The zero-order chi connectivity index (χ0) is 24.3. The van der Waals surface area contributed by atoms with E-state index in [0.29, 0.717) is 46.5 Å². The number of carbonyl (C=O) groups excluding carboxylic acids is 2. The summed E-state index contributed by atoms with van der Waals surface area (Å²) in [5.41, 5.74) is 2.02. The van der Waals surface area contributed by atoms with Crippen molar-refractivity contribution in [1.82, 2.24) is 10.3 Å². The predicted molar refractivity (Wildman–Crippen MR) is 132 cm³/mol. The molecule has 0 saturated carbocycles. The molecule has 9 heteroatoms. The van der Waals surface area contributed by atoms with Gasteiger partial charge in [-0.2, -0.15) is 0 Å². The summed E-state index contributed by atoms with van der Waals surface area (Å²) in [5.74, 6) is 1.50. The van der Waals surface area contributed by atoms with Crippen LogP contribution in [0.15, 0.2) is 65.8 Å². The Bertz CT molecular complexity index is 1140. The number of nitrogens with zero attached hydrogens (tertiary/aromatic N) is 1. The Morgan fingerprint density at radius 1 is 0.912 bits per heavy atom. The first-order valence-corrected chi connectivity index (χ1v) is 11.5. The van der Waals surface area contributed by atoms with Crippen molar-refractivity contribution in [3.8, 4) is 17.2 Å². The second-order valence-corrected chi connectivity index (χ2v) is 8.05. The Labute approximate surface area is 203 Å². The van der Waals surface area contributed by atoms with Crippen LogP contribution >= 0.6 is 11.8 Å². The van der Waals surface area contributed by atoms with Crippen LogP contribution < -0.4 is 24.8 Å². The highest BCUT2D eigenvalue weighted by molar-refractivity contribution is 8.00. The van der Waals surface area contributed by atoms with Gasteiger partial charge in [0.2, 0.25) is 5.91 Å². The lowest BCUT2D eigenvalue weighted by molar-refractivity contribution is -0.113. The van der Waals surface area contributed by atoms with Crippen molar-refractivity contribution in [1.29, 1.82) is 0 Å². The maximum absolute atomic E-state index is 12.8. The van der Waals surface area contributed by atoms with Crippen molar-refractivity contribution >= 4 is 29.3 Å². The van der Waals surface area contributed by atoms with Crippen molar-refractivity contribution in [3.63, 3.8) is 0 Å². The van der Waals surface area contributed by atoms with Crippen LogP contribution in [0, 0.1) is 0 Å². The first-order valence-electron chi connectivity index (χ1n) is 10.6. The molecule has 1 heterocycles. The van der Waals surface area contributed by atoms with Crippen molar-refractivity contribution in [2.75, 3.05) is 38.9 Å². The second kappa shape index (κ2) is 12.5. The van der Waals surface area contributed by atoms with E-state index >= 15 is 0 Å². The van der Waals surface area contributed by atoms with E-state index in [2.05, 4.69) is 15.6 Å². The minimum atomic E-state index is -0.249. The zero-order valence-electron chi connectivity index (χ0n) is 19.3. The van der Waals surface area contributed by atoms with Crippen LogP contribution in [0.2, 0.25) is 0 Å². The van der Waals surface area contributed by atoms with Crippen molar-refractivity contribution in [3.05, 3.63) is 71.9 Å². The fraction of sp³-hybridized carbons (Fsp3) is 0.240. The maximum atomic E-state index is 12.8. The highest BCUT2D eigenvalue weighted by Gasteiger charge is 2.15. The molecule has 0 saturated heterocycles.